The second-order valence-corrected chi connectivity index (χ2v) is 7.89. The van der Waals surface area contributed by atoms with E-state index in [-0.39, 0.29) is 5.91 Å². The molecular weight excluding hydrogens is 384 g/mol. The zero-order chi connectivity index (χ0) is 19.2. The molecule has 0 aromatic carbocycles. The van der Waals surface area contributed by atoms with Crippen molar-refractivity contribution < 1.29 is 4.79 Å². The van der Waals surface area contributed by atoms with Gasteiger partial charge >= 0.3 is 0 Å². The van der Waals surface area contributed by atoms with Crippen LogP contribution in [-0.4, -0.2) is 71.5 Å². The van der Waals surface area contributed by atoms with Gasteiger partial charge in [-0.05, 0) is 25.6 Å². The summed E-state index contributed by atoms with van der Waals surface area (Å²) in [5, 5.41) is 7.34. The van der Waals surface area contributed by atoms with Gasteiger partial charge in [-0.3, -0.25) is 9.69 Å². The fourth-order valence-electron chi connectivity index (χ4n) is 2.96. The number of rotatable bonds is 7. The van der Waals surface area contributed by atoms with E-state index in [1.165, 1.54) is 11.3 Å². The van der Waals surface area contributed by atoms with Crippen molar-refractivity contribution >= 4 is 39.8 Å². The fourth-order valence-corrected chi connectivity index (χ4v) is 3.96. The molecule has 3 rings (SSSR count). The third kappa shape index (κ3) is 5.62. The van der Waals surface area contributed by atoms with Gasteiger partial charge in [0.15, 0.2) is 5.13 Å². The lowest BCUT2D eigenvalue weighted by Crippen LogP contribution is -2.48. The van der Waals surface area contributed by atoms with Gasteiger partial charge in [0.1, 0.15) is 10.7 Å². The maximum Gasteiger partial charge on any atom is 0.263 e. The average molecular weight is 409 g/mol. The molecular formula is C18H25ClN6OS. The van der Waals surface area contributed by atoms with Crippen molar-refractivity contribution in [1.29, 1.82) is 0 Å². The first-order valence-electron chi connectivity index (χ1n) is 9.14. The molecule has 0 aliphatic carbocycles. The third-order valence-corrected chi connectivity index (χ3v) is 5.89. The van der Waals surface area contributed by atoms with Gasteiger partial charge in [-0.1, -0.05) is 29.9 Å². The minimum absolute atomic E-state index is 0.0747. The Labute approximate surface area is 168 Å². The number of hydrogen-bond acceptors (Lipinski definition) is 7. The molecule has 2 aromatic heterocycles. The highest BCUT2D eigenvalue weighted by molar-refractivity contribution is 7.17. The first-order valence-corrected chi connectivity index (χ1v) is 10.3. The highest BCUT2D eigenvalue weighted by Gasteiger charge is 2.17. The minimum Gasteiger partial charge on any atom is -0.350 e. The van der Waals surface area contributed by atoms with Crippen molar-refractivity contribution in [2.24, 2.45) is 0 Å². The summed E-state index contributed by atoms with van der Waals surface area (Å²) in [4.78, 5) is 26.6. The van der Waals surface area contributed by atoms with Crippen molar-refractivity contribution in [3.8, 4) is 0 Å². The normalized spacial score (nSPS) is 15.7. The van der Waals surface area contributed by atoms with Crippen molar-refractivity contribution in [2.45, 2.75) is 13.8 Å². The van der Waals surface area contributed by atoms with Crippen molar-refractivity contribution in [2.75, 3.05) is 51.1 Å². The van der Waals surface area contributed by atoms with Crippen LogP contribution in [0, 0.1) is 6.92 Å². The zero-order valence-corrected chi connectivity index (χ0v) is 17.2. The predicted octanol–water partition coefficient (Wildman–Crippen LogP) is 2.61. The number of likely N-dealkylation sites (N-methyl/N-ethyl adjacent to an activating group) is 1. The summed E-state index contributed by atoms with van der Waals surface area (Å²) in [6.07, 6.45) is 1.57. The van der Waals surface area contributed by atoms with Gasteiger partial charge in [-0.25, -0.2) is 9.97 Å². The van der Waals surface area contributed by atoms with E-state index in [2.05, 4.69) is 37.3 Å². The molecule has 0 unspecified atom stereocenters. The number of thiazole rings is 1. The third-order valence-electron chi connectivity index (χ3n) is 4.59. The molecule has 9 heteroatoms. The number of halogens is 1. The molecule has 1 saturated heterocycles. The van der Waals surface area contributed by atoms with E-state index in [1.54, 1.807) is 18.3 Å². The number of amides is 1. The Morgan fingerprint density at radius 3 is 2.67 bits per heavy atom. The van der Waals surface area contributed by atoms with E-state index in [0.29, 0.717) is 33.1 Å². The second kappa shape index (κ2) is 9.45. The maximum absolute atomic E-state index is 12.5. The van der Waals surface area contributed by atoms with Crippen molar-refractivity contribution in [3.63, 3.8) is 0 Å². The summed E-state index contributed by atoms with van der Waals surface area (Å²) < 4.78 is 0. The van der Waals surface area contributed by atoms with Gasteiger partial charge in [0.2, 0.25) is 0 Å². The number of aryl methyl sites for hydroxylation is 1. The lowest BCUT2D eigenvalue weighted by atomic mass is 10.3. The fraction of sp³-hybridized carbons (Fsp3) is 0.500. The van der Waals surface area contributed by atoms with Crippen LogP contribution in [0.25, 0.3) is 0 Å². The summed E-state index contributed by atoms with van der Waals surface area (Å²) in [5.74, 6) is 0.570. The molecule has 0 radical (unpaired) electrons. The van der Waals surface area contributed by atoms with Crippen LogP contribution in [0.3, 0.4) is 0 Å². The molecule has 2 aromatic rings. The Bertz CT molecular complexity index is 758. The molecule has 0 bridgehead atoms. The smallest absolute Gasteiger partial charge is 0.263 e. The van der Waals surface area contributed by atoms with E-state index < -0.39 is 0 Å². The summed E-state index contributed by atoms with van der Waals surface area (Å²) in [5.41, 5.74) is 0.713. The second-order valence-electron chi connectivity index (χ2n) is 6.45. The standard InChI is InChI=1S/C18H25ClN6OS/c1-3-24-8-10-25(11-9-24)7-6-20-17(26)16-13(2)22-18(27-16)23-15-5-4-14(19)12-21-15/h4-5,12H,3,6-11H2,1-2H3,(H,20,26)(H,21,22,23). The molecule has 1 aliphatic heterocycles. The monoisotopic (exact) mass is 408 g/mol. The molecule has 146 valence electrons. The number of anilines is 2. The summed E-state index contributed by atoms with van der Waals surface area (Å²) >= 11 is 7.17. The number of carbonyl (C=O) groups is 1. The Balaban J connectivity index is 1.48. The van der Waals surface area contributed by atoms with Crippen LogP contribution in [-0.2, 0) is 0 Å². The topological polar surface area (TPSA) is 73.4 Å². The van der Waals surface area contributed by atoms with Crippen LogP contribution in [0.4, 0.5) is 10.9 Å². The lowest BCUT2D eigenvalue weighted by molar-refractivity contribution is 0.0941. The number of carbonyl (C=O) groups excluding carboxylic acids is 1. The van der Waals surface area contributed by atoms with E-state index >= 15 is 0 Å². The summed E-state index contributed by atoms with van der Waals surface area (Å²) in [7, 11) is 0. The van der Waals surface area contributed by atoms with Crippen molar-refractivity contribution in [3.05, 3.63) is 33.9 Å². The predicted molar refractivity (Wildman–Crippen MR) is 110 cm³/mol. The molecule has 1 aliphatic rings. The van der Waals surface area contributed by atoms with Gasteiger partial charge < -0.3 is 15.5 Å². The van der Waals surface area contributed by atoms with E-state index in [1.807, 2.05) is 6.92 Å². The Hall–Kier alpha value is -1.74. The maximum atomic E-state index is 12.5. The van der Waals surface area contributed by atoms with Gasteiger partial charge in [0.25, 0.3) is 5.91 Å². The zero-order valence-electron chi connectivity index (χ0n) is 15.7. The summed E-state index contributed by atoms with van der Waals surface area (Å²) in [6.45, 7) is 11.0. The van der Waals surface area contributed by atoms with Gasteiger partial charge in [0.05, 0.1) is 10.7 Å². The lowest BCUT2D eigenvalue weighted by Gasteiger charge is -2.33. The van der Waals surface area contributed by atoms with Gasteiger partial charge in [-0.15, -0.1) is 0 Å². The minimum atomic E-state index is -0.0747. The highest BCUT2D eigenvalue weighted by atomic mass is 35.5. The Morgan fingerprint density at radius 2 is 2.00 bits per heavy atom. The first-order chi connectivity index (χ1) is 13.0. The number of piperazine rings is 1. The molecule has 0 saturated carbocycles. The molecule has 2 N–H and O–H groups in total. The van der Waals surface area contributed by atoms with Gasteiger partial charge in [0, 0.05) is 45.5 Å². The molecule has 0 atom stereocenters. The number of nitrogens with one attached hydrogen (secondary N) is 2. The highest BCUT2D eigenvalue weighted by Crippen LogP contribution is 2.25. The average Bonchev–Trinajstić information content (AvgIpc) is 3.04. The molecule has 7 nitrogen and oxygen atoms in total. The van der Waals surface area contributed by atoms with Crippen LogP contribution < -0.4 is 10.6 Å². The molecule has 1 fully saturated rings. The van der Waals surface area contributed by atoms with Crippen LogP contribution in [0.2, 0.25) is 5.02 Å². The van der Waals surface area contributed by atoms with Crippen LogP contribution in [0.15, 0.2) is 18.3 Å². The molecule has 0 spiro atoms. The first kappa shape index (κ1) is 20.0. The SMILES string of the molecule is CCN1CCN(CCNC(=O)c2sc(Nc3ccc(Cl)cn3)nc2C)CC1. The number of hydrogen-bond donors (Lipinski definition) is 2. The largest absolute Gasteiger partial charge is 0.350 e. The number of nitrogens with zero attached hydrogens (tertiary/aromatic N) is 4. The summed E-state index contributed by atoms with van der Waals surface area (Å²) in [6, 6.07) is 3.53. The quantitative estimate of drug-likeness (QED) is 0.733. The van der Waals surface area contributed by atoms with E-state index in [0.717, 1.165) is 39.3 Å². The Kier molecular flexibility index (Phi) is 7.01. The van der Waals surface area contributed by atoms with Gasteiger partial charge in [-0.2, -0.15) is 0 Å². The number of pyridine rings is 1. The van der Waals surface area contributed by atoms with Crippen LogP contribution in [0.1, 0.15) is 22.3 Å². The number of aromatic nitrogens is 2. The van der Waals surface area contributed by atoms with Crippen LogP contribution in [0.5, 0.6) is 0 Å². The molecule has 3 heterocycles. The van der Waals surface area contributed by atoms with Crippen molar-refractivity contribution in [1.82, 2.24) is 25.1 Å². The Morgan fingerprint density at radius 1 is 1.26 bits per heavy atom. The van der Waals surface area contributed by atoms with Crippen LogP contribution >= 0.6 is 22.9 Å². The van der Waals surface area contributed by atoms with E-state index in [4.69, 9.17) is 11.6 Å². The van der Waals surface area contributed by atoms with E-state index in [9.17, 15) is 4.79 Å². The molecule has 27 heavy (non-hydrogen) atoms. The molecule has 1 amide bonds.